The zero-order valence-corrected chi connectivity index (χ0v) is 15.2. The average Bonchev–Trinajstić information content (AvgIpc) is 2.53. The van der Waals surface area contributed by atoms with Crippen molar-refractivity contribution in [3.63, 3.8) is 0 Å². The first-order chi connectivity index (χ1) is 10.1. The van der Waals surface area contributed by atoms with Gasteiger partial charge in [0.15, 0.2) is 11.5 Å². The van der Waals surface area contributed by atoms with Gasteiger partial charge in [-0.2, -0.15) is 0 Å². The lowest BCUT2D eigenvalue weighted by atomic mass is 10.1. The smallest absolute Gasteiger partial charge is 0.200 e. The van der Waals surface area contributed by atoms with E-state index in [4.69, 9.17) is 9.47 Å². The van der Waals surface area contributed by atoms with E-state index in [0.717, 1.165) is 6.42 Å². The fourth-order valence-electron chi connectivity index (χ4n) is 3.04. The summed E-state index contributed by atoms with van der Waals surface area (Å²) in [6, 6.07) is 9.35. The Morgan fingerprint density at radius 1 is 0.952 bits per heavy atom. The van der Waals surface area contributed by atoms with Crippen LogP contribution >= 0.6 is 0 Å². The van der Waals surface area contributed by atoms with Crippen LogP contribution < -0.4 is 9.47 Å². The second-order valence-corrected chi connectivity index (χ2v) is 11.4. The van der Waals surface area contributed by atoms with Crippen LogP contribution in [0.5, 0.6) is 17.2 Å². The minimum Gasteiger partial charge on any atom is -0.502 e. The van der Waals surface area contributed by atoms with Gasteiger partial charge in [-0.3, -0.25) is 0 Å². The van der Waals surface area contributed by atoms with Crippen molar-refractivity contribution in [3.05, 3.63) is 17.7 Å². The van der Waals surface area contributed by atoms with Crippen molar-refractivity contribution in [1.29, 1.82) is 0 Å². The molecule has 0 aromatic heterocycles. The standard InChI is InChI=1S/C17H30O3Si/c1-6-21(7-2,8-3)11-9-10-14-12-15(19-4)17(18)16(13-14)20-5/h12-13,18H,6-11H2,1-5H3. The highest BCUT2D eigenvalue weighted by atomic mass is 28.3. The van der Waals surface area contributed by atoms with Crippen LogP contribution in [0.2, 0.25) is 24.2 Å². The average molecular weight is 311 g/mol. The van der Waals surface area contributed by atoms with Crippen LogP contribution in [0.3, 0.4) is 0 Å². The molecule has 1 aromatic carbocycles. The molecule has 0 saturated carbocycles. The number of hydrogen-bond acceptors (Lipinski definition) is 3. The Balaban J connectivity index is 2.76. The third-order valence-corrected chi connectivity index (χ3v) is 10.9. The molecule has 120 valence electrons. The number of ether oxygens (including phenoxy) is 2. The normalized spacial score (nSPS) is 11.5. The molecule has 21 heavy (non-hydrogen) atoms. The van der Waals surface area contributed by atoms with Crippen LogP contribution in [0, 0.1) is 0 Å². The quantitative estimate of drug-likeness (QED) is 0.663. The molecule has 0 amide bonds. The Kier molecular flexibility index (Phi) is 7.09. The monoisotopic (exact) mass is 310 g/mol. The van der Waals surface area contributed by atoms with Crippen molar-refractivity contribution in [3.8, 4) is 17.2 Å². The topological polar surface area (TPSA) is 38.7 Å². The highest BCUT2D eigenvalue weighted by Gasteiger charge is 2.25. The van der Waals surface area contributed by atoms with Gasteiger partial charge in [0.1, 0.15) is 0 Å². The van der Waals surface area contributed by atoms with Gasteiger partial charge in [0.2, 0.25) is 5.75 Å². The molecular weight excluding hydrogens is 280 g/mol. The van der Waals surface area contributed by atoms with E-state index in [-0.39, 0.29) is 5.75 Å². The van der Waals surface area contributed by atoms with Gasteiger partial charge in [-0.1, -0.05) is 51.4 Å². The summed E-state index contributed by atoms with van der Waals surface area (Å²) in [6.07, 6.45) is 2.22. The van der Waals surface area contributed by atoms with Gasteiger partial charge in [0.25, 0.3) is 0 Å². The predicted octanol–water partition coefficient (Wildman–Crippen LogP) is 4.85. The molecule has 0 aliphatic rings. The fraction of sp³-hybridized carbons (Fsp3) is 0.647. The largest absolute Gasteiger partial charge is 0.502 e. The molecule has 0 spiro atoms. The van der Waals surface area contributed by atoms with Crippen LogP contribution in [0.1, 0.15) is 32.8 Å². The molecule has 0 aliphatic heterocycles. The van der Waals surface area contributed by atoms with Crippen LogP contribution in [0.25, 0.3) is 0 Å². The van der Waals surface area contributed by atoms with E-state index in [1.807, 2.05) is 12.1 Å². The maximum atomic E-state index is 9.94. The molecule has 0 saturated heterocycles. The van der Waals surface area contributed by atoms with Gasteiger partial charge in [-0.25, -0.2) is 0 Å². The van der Waals surface area contributed by atoms with Crippen molar-refractivity contribution < 1.29 is 14.6 Å². The first-order valence-electron chi connectivity index (χ1n) is 7.99. The number of phenolic OH excluding ortho intramolecular Hbond substituents is 1. The van der Waals surface area contributed by atoms with Gasteiger partial charge in [-0.15, -0.1) is 0 Å². The highest BCUT2D eigenvalue weighted by molar-refractivity contribution is 6.79. The first kappa shape index (κ1) is 17.9. The lowest BCUT2D eigenvalue weighted by molar-refractivity contribution is 0.339. The molecule has 3 nitrogen and oxygen atoms in total. The second kappa shape index (κ2) is 8.32. The van der Waals surface area contributed by atoms with Gasteiger partial charge < -0.3 is 14.6 Å². The summed E-state index contributed by atoms with van der Waals surface area (Å²) in [6.45, 7) is 7.06. The number of rotatable bonds is 9. The molecule has 0 heterocycles. The van der Waals surface area contributed by atoms with Gasteiger partial charge in [0.05, 0.1) is 22.3 Å². The number of aromatic hydroxyl groups is 1. The SMILES string of the molecule is CC[Si](CC)(CC)CCCc1cc(OC)c(O)c(OC)c1. The van der Waals surface area contributed by atoms with Crippen molar-refractivity contribution in [2.24, 2.45) is 0 Å². The van der Waals surface area contributed by atoms with E-state index in [0.29, 0.717) is 11.5 Å². The second-order valence-electron chi connectivity index (χ2n) is 5.76. The Labute approximate surface area is 130 Å². The minimum absolute atomic E-state index is 0.0862. The summed E-state index contributed by atoms with van der Waals surface area (Å²) in [5.74, 6) is 1.08. The van der Waals surface area contributed by atoms with Crippen molar-refractivity contribution in [2.45, 2.75) is 57.8 Å². The highest BCUT2D eigenvalue weighted by Crippen LogP contribution is 2.37. The van der Waals surface area contributed by atoms with Crippen LogP contribution in [0.4, 0.5) is 0 Å². The van der Waals surface area contributed by atoms with Crippen molar-refractivity contribution in [2.75, 3.05) is 14.2 Å². The third kappa shape index (κ3) is 4.40. The lowest BCUT2D eigenvalue weighted by Gasteiger charge is -2.28. The van der Waals surface area contributed by atoms with Crippen LogP contribution in [0.15, 0.2) is 12.1 Å². The molecule has 0 radical (unpaired) electrons. The van der Waals surface area contributed by atoms with E-state index >= 15 is 0 Å². The summed E-state index contributed by atoms with van der Waals surface area (Å²) >= 11 is 0. The molecule has 1 N–H and O–H groups in total. The molecule has 0 unspecified atom stereocenters. The number of hydrogen-bond donors (Lipinski definition) is 1. The Morgan fingerprint density at radius 2 is 1.43 bits per heavy atom. The third-order valence-electron chi connectivity index (χ3n) is 4.96. The predicted molar refractivity (Wildman–Crippen MR) is 91.5 cm³/mol. The van der Waals surface area contributed by atoms with Crippen molar-refractivity contribution in [1.82, 2.24) is 0 Å². The minimum atomic E-state index is -1.04. The Bertz CT molecular complexity index is 408. The van der Waals surface area contributed by atoms with Gasteiger partial charge in [0, 0.05) is 0 Å². The number of benzene rings is 1. The molecule has 1 aromatic rings. The molecule has 0 atom stereocenters. The summed E-state index contributed by atoms with van der Waals surface area (Å²) < 4.78 is 10.4. The number of aryl methyl sites for hydroxylation is 1. The Morgan fingerprint density at radius 3 is 1.81 bits per heavy atom. The lowest BCUT2D eigenvalue weighted by Crippen LogP contribution is -2.30. The fourth-order valence-corrected chi connectivity index (χ4v) is 6.53. The summed E-state index contributed by atoms with van der Waals surface area (Å²) in [5.41, 5.74) is 1.17. The van der Waals surface area contributed by atoms with E-state index in [1.54, 1.807) is 14.2 Å². The molecule has 4 heteroatoms. The summed E-state index contributed by atoms with van der Waals surface area (Å²) in [7, 11) is 2.10. The van der Waals surface area contributed by atoms with Gasteiger partial charge in [-0.05, 0) is 24.1 Å². The zero-order chi connectivity index (χ0) is 15.9. The Hall–Kier alpha value is -1.16. The van der Waals surface area contributed by atoms with Gasteiger partial charge >= 0.3 is 0 Å². The van der Waals surface area contributed by atoms with E-state index < -0.39 is 8.07 Å². The van der Waals surface area contributed by atoms with Crippen LogP contribution in [-0.2, 0) is 6.42 Å². The number of methoxy groups -OCH3 is 2. The molecule has 0 aliphatic carbocycles. The maximum absolute atomic E-state index is 9.94. The molecular formula is C17H30O3Si. The molecule has 1 rings (SSSR count). The molecule has 0 bridgehead atoms. The number of phenols is 1. The van der Waals surface area contributed by atoms with E-state index in [9.17, 15) is 5.11 Å². The summed E-state index contributed by atoms with van der Waals surface area (Å²) in [5, 5.41) is 9.94. The first-order valence-corrected chi connectivity index (χ1v) is 10.8. The van der Waals surface area contributed by atoms with Crippen molar-refractivity contribution >= 4 is 8.07 Å². The maximum Gasteiger partial charge on any atom is 0.200 e. The zero-order valence-electron chi connectivity index (χ0n) is 14.2. The van der Waals surface area contributed by atoms with Crippen LogP contribution in [-0.4, -0.2) is 27.4 Å². The summed E-state index contributed by atoms with van der Waals surface area (Å²) in [4.78, 5) is 0. The van der Waals surface area contributed by atoms with E-state index in [2.05, 4.69) is 20.8 Å². The molecule has 0 fully saturated rings. The van der Waals surface area contributed by atoms with E-state index in [1.165, 1.54) is 36.2 Å².